The first-order chi connectivity index (χ1) is 15.2. The number of nitrogen functional groups attached to an aromatic ring is 1. The molecule has 0 bridgehead atoms. The van der Waals surface area contributed by atoms with Gasteiger partial charge in [0.1, 0.15) is 23.1 Å². The van der Waals surface area contributed by atoms with Crippen LogP contribution < -0.4 is 11.1 Å². The first kappa shape index (κ1) is 21.6. The first-order valence-corrected chi connectivity index (χ1v) is 10.9. The molecule has 8 nitrogen and oxygen atoms in total. The van der Waals surface area contributed by atoms with Gasteiger partial charge in [0, 0.05) is 11.6 Å². The van der Waals surface area contributed by atoms with Crippen molar-refractivity contribution in [1.82, 2.24) is 14.9 Å². The van der Waals surface area contributed by atoms with E-state index in [9.17, 15) is 10.1 Å². The third-order valence-electron chi connectivity index (χ3n) is 5.60. The maximum Gasteiger partial charge on any atom is 0.231 e. The van der Waals surface area contributed by atoms with Crippen molar-refractivity contribution in [3.63, 3.8) is 0 Å². The zero-order valence-electron chi connectivity index (χ0n) is 18.7. The molecule has 0 radical (unpaired) electrons. The third-order valence-corrected chi connectivity index (χ3v) is 5.60. The summed E-state index contributed by atoms with van der Waals surface area (Å²) >= 11 is 0. The highest BCUT2D eigenvalue weighted by Gasteiger charge is 2.26. The molecule has 1 aliphatic carbocycles. The molecule has 0 unspecified atom stereocenters. The average molecular weight is 433 g/mol. The molecular weight excluding hydrogens is 404 g/mol. The van der Waals surface area contributed by atoms with Crippen molar-refractivity contribution in [2.75, 3.05) is 11.1 Å². The van der Waals surface area contributed by atoms with Crippen LogP contribution in [0.5, 0.6) is 0 Å². The molecule has 3 aromatic rings. The number of nitriles is 1. The molecule has 1 amide bonds. The summed E-state index contributed by atoms with van der Waals surface area (Å²) in [6.45, 7) is 6.36. The summed E-state index contributed by atoms with van der Waals surface area (Å²) in [6, 6.07) is 11.7. The van der Waals surface area contributed by atoms with Gasteiger partial charge in [0.15, 0.2) is 0 Å². The Morgan fingerprint density at radius 2 is 2.03 bits per heavy atom. The van der Waals surface area contributed by atoms with Crippen LogP contribution in [-0.2, 0) is 17.6 Å². The maximum atomic E-state index is 12.4. The number of carbonyl (C=O) groups excluding carboxylic acids is 1. The summed E-state index contributed by atoms with van der Waals surface area (Å²) in [6.07, 6.45) is 4.18. The highest BCUT2D eigenvalue weighted by atomic mass is 16.5. The molecule has 0 aliphatic heterocycles. The summed E-state index contributed by atoms with van der Waals surface area (Å²) in [5, 5.41) is 21.0. The van der Waals surface area contributed by atoms with Crippen LogP contribution in [0, 0.1) is 16.7 Å². The van der Waals surface area contributed by atoms with Crippen LogP contribution >= 0.6 is 0 Å². The van der Waals surface area contributed by atoms with Crippen molar-refractivity contribution < 1.29 is 9.32 Å². The largest absolute Gasteiger partial charge is 0.383 e. The second kappa shape index (κ2) is 8.50. The molecule has 4 rings (SSSR count). The molecule has 0 spiro atoms. The van der Waals surface area contributed by atoms with E-state index in [1.165, 1.54) is 0 Å². The van der Waals surface area contributed by atoms with E-state index in [1.807, 2.05) is 24.3 Å². The fraction of sp³-hybridized carbons (Fsp3) is 0.417. The van der Waals surface area contributed by atoms with Crippen LogP contribution in [-0.4, -0.2) is 20.8 Å². The summed E-state index contributed by atoms with van der Waals surface area (Å²) in [4.78, 5) is 12.4. The summed E-state index contributed by atoms with van der Waals surface area (Å²) in [5.41, 5.74) is 9.70. The fourth-order valence-corrected chi connectivity index (χ4v) is 3.81. The fourth-order valence-electron chi connectivity index (χ4n) is 3.81. The van der Waals surface area contributed by atoms with E-state index in [4.69, 9.17) is 10.3 Å². The number of nitrogens with one attached hydrogen (secondary N) is 1. The minimum absolute atomic E-state index is 0.0870. The lowest BCUT2D eigenvalue weighted by Crippen LogP contribution is -2.19. The monoisotopic (exact) mass is 432 g/mol. The first-order valence-electron chi connectivity index (χ1n) is 10.9. The number of aromatic nitrogens is 3. The van der Waals surface area contributed by atoms with Gasteiger partial charge in [-0.05, 0) is 36.7 Å². The zero-order valence-corrected chi connectivity index (χ0v) is 18.7. The average Bonchev–Trinajstić information content (AvgIpc) is 3.23. The topological polar surface area (TPSA) is 123 Å². The Morgan fingerprint density at radius 3 is 2.62 bits per heavy atom. The molecule has 0 atom stereocenters. The second-order valence-electron chi connectivity index (χ2n) is 9.59. The van der Waals surface area contributed by atoms with Gasteiger partial charge >= 0.3 is 0 Å². The predicted molar refractivity (Wildman–Crippen MR) is 122 cm³/mol. The van der Waals surface area contributed by atoms with Gasteiger partial charge in [-0.3, -0.25) is 10.1 Å². The zero-order chi connectivity index (χ0) is 22.9. The Balaban J connectivity index is 1.42. The lowest BCUT2D eigenvalue weighted by Gasteiger charge is -2.26. The third kappa shape index (κ3) is 4.67. The van der Waals surface area contributed by atoms with Crippen LogP contribution in [0.3, 0.4) is 0 Å². The van der Waals surface area contributed by atoms with Gasteiger partial charge in [-0.25, -0.2) is 4.68 Å². The van der Waals surface area contributed by atoms with Crippen molar-refractivity contribution >= 4 is 17.6 Å². The number of rotatable bonds is 6. The molecule has 8 heteroatoms. The Bertz CT molecular complexity index is 1160. The number of hydrogen-bond acceptors (Lipinski definition) is 6. The molecule has 32 heavy (non-hydrogen) atoms. The van der Waals surface area contributed by atoms with E-state index in [2.05, 4.69) is 42.4 Å². The van der Waals surface area contributed by atoms with Crippen LogP contribution in [0.2, 0.25) is 0 Å². The number of nitrogens with zero attached hydrogens (tertiary/aromatic N) is 4. The predicted octanol–water partition coefficient (Wildman–Crippen LogP) is 4.49. The van der Waals surface area contributed by atoms with Gasteiger partial charge in [-0.2, -0.15) is 10.4 Å². The number of nitrogens with two attached hydrogens (primary N) is 1. The number of amides is 1. The summed E-state index contributed by atoms with van der Waals surface area (Å²) in [5.74, 6) is 0.586. The van der Waals surface area contributed by atoms with E-state index in [-0.39, 0.29) is 23.8 Å². The van der Waals surface area contributed by atoms with Crippen molar-refractivity contribution in [3.8, 4) is 17.3 Å². The number of carbonyl (C=O) groups is 1. The SMILES string of the molecule is CC(C)(C)Cc1cc(NC(=O)Cc2ccc(-c3nn(C4CCC4)c(N)c3C#N)cc2)on1. The maximum absolute atomic E-state index is 12.4. The molecular formula is C24H28N6O2. The highest BCUT2D eigenvalue weighted by molar-refractivity contribution is 5.91. The minimum atomic E-state index is -0.188. The van der Waals surface area contributed by atoms with E-state index < -0.39 is 0 Å². The van der Waals surface area contributed by atoms with Crippen molar-refractivity contribution in [2.45, 2.75) is 58.9 Å². The Hall–Kier alpha value is -3.60. The molecule has 3 N–H and O–H groups in total. The van der Waals surface area contributed by atoms with Crippen molar-refractivity contribution in [2.24, 2.45) is 5.41 Å². The van der Waals surface area contributed by atoms with E-state index in [0.29, 0.717) is 23.0 Å². The van der Waals surface area contributed by atoms with Gasteiger partial charge in [0.05, 0.1) is 18.2 Å². The van der Waals surface area contributed by atoms with Crippen LogP contribution in [0.1, 0.15) is 62.9 Å². The van der Waals surface area contributed by atoms with Gasteiger partial charge in [-0.1, -0.05) is 50.2 Å². The van der Waals surface area contributed by atoms with E-state index in [1.54, 1.807) is 10.7 Å². The standard InChI is InChI=1S/C24H28N6O2/c1-24(2,3)13-17-12-21(32-29-17)27-20(31)11-15-7-9-16(10-8-15)22-19(14-25)23(26)30(28-22)18-5-4-6-18/h7-10,12,18H,4-6,11,13,26H2,1-3H3,(H,27,31). The molecule has 1 fully saturated rings. The minimum Gasteiger partial charge on any atom is -0.383 e. The van der Waals surface area contributed by atoms with Crippen LogP contribution in [0.4, 0.5) is 11.7 Å². The molecule has 2 heterocycles. The quantitative estimate of drug-likeness (QED) is 0.592. The van der Waals surface area contributed by atoms with Gasteiger partial charge in [0.2, 0.25) is 11.8 Å². The van der Waals surface area contributed by atoms with Gasteiger partial charge < -0.3 is 10.3 Å². The molecule has 1 aromatic carbocycles. The Labute approximate surface area is 187 Å². The number of benzene rings is 1. The number of hydrogen-bond donors (Lipinski definition) is 2. The lowest BCUT2D eigenvalue weighted by atomic mass is 9.91. The van der Waals surface area contributed by atoms with Gasteiger partial charge in [0.25, 0.3) is 0 Å². The molecule has 166 valence electrons. The smallest absolute Gasteiger partial charge is 0.231 e. The lowest BCUT2D eigenvalue weighted by molar-refractivity contribution is -0.115. The van der Waals surface area contributed by atoms with E-state index in [0.717, 1.165) is 42.5 Å². The summed E-state index contributed by atoms with van der Waals surface area (Å²) < 4.78 is 7.01. The van der Waals surface area contributed by atoms with E-state index >= 15 is 0 Å². The Kier molecular flexibility index (Phi) is 5.74. The van der Waals surface area contributed by atoms with Crippen LogP contribution in [0.25, 0.3) is 11.3 Å². The normalized spacial score (nSPS) is 14.1. The second-order valence-corrected chi connectivity index (χ2v) is 9.59. The Morgan fingerprint density at radius 1 is 1.31 bits per heavy atom. The number of anilines is 2. The highest BCUT2D eigenvalue weighted by Crippen LogP contribution is 2.36. The molecule has 1 saturated carbocycles. The van der Waals surface area contributed by atoms with Crippen molar-refractivity contribution in [3.05, 3.63) is 47.2 Å². The molecule has 0 saturated heterocycles. The van der Waals surface area contributed by atoms with Crippen LogP contribution in [0.15, 0.2) is 34.9 Å². The van der Waals surface area contributed by atoms with Crippen molar-refractivity contribution in [1.29, 1.82) is 5.26 Å². The molecule has 2 aromatic heterocycles. The summed E-state index contributed by atoms with van der Waals surface area (Å²) in [7, 11) is 0. The molecule has 1 aliphatic rings. The van der Waals surface area contributed by atoms with Gasteiger partial charge in [-0.15, -0.1) is 0 Å².